The van der Waals surface area contributed by atoms with E-state index in [2.05, 4.69) is 116 Å². The number of likely N-dealkylation sites (N-methyl/N-ethyl adjacent to an activating group) is 1. The molecule has 3 unspecified atom stereocenters. The van der Waals surface area contributed by atoms with E-state index in [1.807, 2.05) is 21.1 Å². The summed E-state index contributed by atoms with van der Waals surface area (Å²) in [5.41, 5.74) is 0. The molecule has 78 heavy (non-hydrogen) atoms. The van der Waals surface area contributed by atoms with Gasteiger partial charge >= 0.3 is 0 Å². The minimum atomic E-state index is -4.59. The number of allylic oxidation sites excluding steroid dienone is 16. The highest BCUT2D eigenvalue weighted by molar-refractivity contribution is 7.45. The number of unbranched alkanes of at least 4 members (excludes halogenated alkanes) is 30. The van der Waals surface area contributed by atoms with Crippen molar-refractivity contribution in [1.29, 1.82) is 0 Å². The molecule has 0 aliphatic carbocycles. The molecule has 0 bridgehead atoms. The molecule has 0 aromatic heterocycles. The highest BCUT2D eigenvalue weighted by atomic mass is 31.2. The van der Waals surface area contributed by atoms with Gasteiger partial charge in [0.1, 0.15) is 13.2 Å². The highest BCUT2D eigenvalue weighted by Crippen LogP contribution is 2.38. The van der Waals surface area contributed by atoms with Crippen molar-refractivity contribution in [3.8, 4) is 0 Å². The van der Waals surface area contributed by atoms with Gasteiger partial charge in [0.25, 0.3) is 7.82 Å². The molecule has 0 rings (SSSR count). The standard InChI is InChI=1S/C69H125N2O6P/c1-6-8-10-12-14-16-18-20-22-24-26-28-30-32-33-34-35-36-37-39-41-43-45-47-49-51-53-55-57-59-61-63-69(73)70-67(66-77-78(74,75)76-65-64-71(3,4)5)68(72)62-60-58-56-54-52-50-48-46-44-42-40-38-31-29-27-25-23-21-19-17-15-13-11-9-7-2/h8,10,14,16,20,22,26,28,32-33,35-36,39,41,45,47,67-68,72H,6-7,9,11-13,15,17-19,21,23-25,27,29-31,34,37-38,40,42-44,46,48-66H2,1-5H3,(H-,70,73,74,75)/b10-8-,16-14-,22-20-,28-26-,33-32-,36-35-,41-39-,47-45-. The van der Waals surface area contributed by atoms with Crippen LogP contribution in [-0.2, 0) is 18.4 Å². The third-order valence-electron chi connectivity index (χ3n) is 14.3. The lowest BCUT2D eigenvalue weighted by Gasteiger charge is -2.30. The molecule has 0 aliphatic heterocycles. The number of carbonyl (C=O) groups is 1. The second-order valence-electron chi connectivity index (χ2n) is 23.1. The van der Waals surface area contributed by atoms with E-state index in [0.717, 1.165) is 103 Å². The first-order chi connectivity index (χ1) is 38.0. The Morgan fingerprint density at radius 1 is 0.462 bits per heavy atom. The molecule has 8 nitrogen and oxygen atoms in total. The van der Waals surface area contributed by atoms with Crippen LogP contribution in [0.2, 0.25) is 0 Å². The van der Waals surface area contributed by atoms with Gasteiger partial charge in [-0.2, -0.15) is 0 Å². The van der Waals surface area contributed by atoms with E-state index in [1.54, 1.807) is 0 Å². The van der Waals surface area contributed by atoms with Gasteiger partial charge in [0, 0.05) is 6.42 Å². The van der Waals surface area contributed by atoms with Crippen molar-refractivity contribution in [2.45, 2.75) is 296 Å². The van der Waals surface area contributed by atoms with Gasteiger partial charge in [0.05, 0.1) is 39.9 Å². The predicted molar refractivity (Wildman–Crippen MR) is 339 cm³/mol. The van der Waals surface area contributed by atoms with Crippen molar-refractivity contribution in [2.24, 2.45) is 0 Å². The molecule has 1 amide bonds. The van der Waals surface area contributed by atoms with Gasteiger partial charge < -0.3 is 28.8 Å². The van der Waals surface area contributed by atoms with E-state index in [9.17, 15) is 19.4 Å². The Balaban J connectivity index is 4.18. The number of phosphoric acid groups is 1. The van der Waals surface area contributed by atoms with Crippen LogP contribution in [0.25, 0.3) is 0 Å². The zero-order valence-corrected chi connectivity index (χ0v) is 52.5. The lowest BCUT2D eigenvalue weighted by Crippen LogP contribution is -2.46. The van der Waals surface area contributed by atoms with Gasteiger partial charge in [-0.15, -0.1) is 0 Å². The van der Waals surface area contributed by atoms with Crippen LogP contribution in [0.5, 0.6) is 0 Å². The van der Waals surface area contributed by atoms with E-state index >= 15 is 0 Å². The van der Waals surface area contributed by atoms with Crippen LogP contribution in [-0.4, -0.2) is 68.5 Å². The van der Waals surface area contributed by atoms with E-state index in [1.165, 1.54) is 154 Å². The number of rotatable bonds is 59. The summed E-state index contributed by atoms with van der Waals surface area (Å²) in [6.45, 7) is 4.62. The van der Waals surface area contributed by atoms with Crippen molar-refractivity contribution in [3.05, 3.63) is 97.2 Å². The zero-order chi connectivity index (χ0) is 57.0. The number of amides is 1. The van der Waals surface area contributed by atoms with Crippen molar-refractivity contribution in [1.82, 2.24) is 5.32 Å². The Bertz CT molecular complexity index is 1590. The number of hydrogen-bond donors (Lipinski definition) is 2. The number of carbonyl (C=O) groups excluding carboxylic acids is 1. The van der Waals surface area contributed by atoms with Crippen LogP contribution >= 0.6 is 7.82 Å². The molecule has 0 saturated carbocycles. The Morgan fingerprint density at radius 2 is 0.782 bits per heavy atom. The van der Waals surface area contributed by atoms with Crippen LogP contribution in [0, 0.1) is 0 Å². The van der Waals surface area contributed by atoms with Crippen LogP contribution < -0.4 is 10.2 Å². The molecule has 9 heteroatoms. The minimum Gasteiger partial charge on any atom is -0.756 e. The molecule has 0 aliphatic rings. The lowest BCUT2D eigenvalue weighted by molar-refractivity contribution is -0.870. The molecule has 2 N–H and O–H groups in total. The van der Waals surface area contributed by atoms with Crippen molar-refractivity contribution < 1.29 is 32.9 Å². The smallest absolute Gasteiger partial charge is 0.268 e. The van der Waals surface area contributed by atoms with Gasteiger partial charge in [0.2, 0.25) is 5.91 Å². The maximum atomic E-state index is 13.0. The normalized spacial score (nSPS) is 14.4. The summed E-state index contributed by atoms with van der Waals surface area (Å²) < 4.78 is 23.5. The second-order valence-corrected chi connectivity index (χ2v) is 24.5. The number of nitrogens with zero attached hydrogens (tertiary/aromatic N) is 1. The number of aliphatic hydroxyl groups excluding tert-OH is 1. The summed E-state index contributed by atoms with van der Waals surface area (Å²) in [5.74, 6) is -0.180. The Kier molecular flexibility index (Phi) is 57.1. The molecule has 0 fully saturated rings. The lowest BCUT2D eigenvalue weighted by atomic mass is 10.0. The molecule has 0 aromatic rings. The summed E-state index contributed by atoms with van der Waals surface area (Å²) in [5, 5.41) is 14.1. The monoisotopic (exact) mass is 1110 g/mol. The average Bonchev–Trinajstić information content (AvgIpc) is 3.41. The summed E-state index contributed by atoms with van der Waals surface area (Å²) >= 11 is 0. The van der Waals surface area contributed by atoms with Crippen molar-refractivity contribution in [3.63, 3.8) is 0 Å². The fourth-order valence-electron chi connectivity index (χ4n) is 9.29. The van der Waals surface area contributed by atoms with Crippen LogP contribution in [0.4, 0.5) is 0 Å². The van der Waals surface area contributed by atoms with E-state index in [-0.39, 0.29) is 19.1 Å². The fraction of sp³-hybridized carbons (Fsp3) is 0.754. The number of quaternary nitrogens is 1. The number of phosphoric ester groups is 1. The minimum absolute atomic E-state index is 0.00452. The summed E-state index contributed by atoms with van der Waals surface area (Å²) in [4.78, 5) is 25.6. The molecule has 452 valence electrons. The van der Waals surface area contributed by atoms with Crippen LogP contribution in [0.1, 0.15) is 284 Å². The van der Waals surface area contributed by atoms with E-state index in [0.29, 0.717) is 23.9 Å². The Hall–Kier alpha value is -2.58. The fourth-order valence-corrected chi connectivity index (χ4v) is 10.0. The molecular weight excluding hydrogens is 984 g/mol. The van der Waals surface area contributed by atoms with E-state index < -0.39 is 20.0 Å². The maximum Gasteiger partial charge on any atom is 0.268 e. The number of hydrogen-bond acceptors (Lipinski definition) is 6. The summed E-state index contributed by atoms with van der Waals surface area (Å²) in [6, 6.07) is -0.817. The first-order valence-corrected chi connectivity index (χ1v) is 34.0. The quantitative estimate of drug-likeness (QED) is 0.0272. The molecule has 0 spiro atoms. The first-order valence-electron chi connectivity index (χ1n) is 32.6. The predicted octanol–water partition coefficient (Wildman–Crippen LogP) is 19.9. The summed E-state index contributed by atoms with van der Waals surface area (Å²) in [7, 11) is 1.29. The van der Waals surface area contributed by atoms with Crippen molar-refractivity contribution >= 4 is 13.7 Å². The topological polar surface area (TPSA) is 108 Å². The molecule has 0 aromatic carbocycles. The Labute approximate surface area is 483 Å². The second kappa shape index (κ2) is 59.1. The summed E-state index contributed by atoms with van der Waals surface area (Å²) in [6.07, 6.45) is 84.5. The van der Waals surface area contributed by atoms with Crippen LogP contribution in [0.3, 0.4) is 0 Å². The number of aliphatic hydroxyl groups is 1. The maximum absolute atomic E-state index is 13.0. The van der Waals surface area contributed by atoms with E-state index in [4.69, 9.17) is 9.05 Å². The molecular formula is C69H125N2O6P. The largest absolute Gasteiger partial charge is 0.756 e. The van der Waals surface area contributed by atoms with Gasteiger partial charge in [0.15, 0.2) is 0 Å². The molecule has 0 radical (unpaired) electrons. The third-order valence-corrected chi connectivity index (χ3v) is 15.3. The molecule has 0 heterocycles. The average molecular weight is 1110 g/mol. The number of nitrogens with one attached hydrogen (secondary N) is 1. The first kappa shape index (κ1) is 75.4. The molecule has 0 saturated heterocycles. The van der Waals surface area contributed by atoms with Gasteiger partial charge in [-0.05, 0) is 77.0 Å². The van der Waals surface area contributed by atoms with Gasteiger partial charge in [-0.3, -0.25) is 9.36 Å². The highest BCUT2D eigenvalue weighted by Gasteiger charge is 2.24. The SMILES string of the molecule is CC/C=C\C/C=C\C/C=C\C/C=C\C/C=C\C/C=C\C/C=C\C/C=C\CCCCCCCCC(=O)NC(COP(=O)([O-])OCC[N+](C)(C)C)C(O)CCCCCCCCCCCCCCCCCCCCCCCCCCC. The van der Waals surface area contributed by atoms with Gasteiger partial charge in [-0.25, -0.2) is 0 Å². The zero-order valence-electron chi connectivity index (χ0n) is 51.6. The Morgan fingerprint density at radius 3 is 1.14 bits per heavy atom. The van der Waals surface area contributed by atoms with Crippen molar-refractivity contribution in [2.75, 3.05) is 40.9 Å². The molecule has 3 atom stereocenters. The van der Waals surface area contributed by atoms with Gasteiger partial charge in [-0.1, -0.05) is 297 Å². The van der Waals surface area contributed by atoms with Crippen LogP contribution in [0.15, 0.2) is 97.2 Å². The third kappa shape index (κ3) is 61.0.